The van der Waals surface area contributed by atoms with Crippen LogP contribution in [0.1, 0.15) is 45.6 Å². The van der Waals surface area contributed by atoms with E-state index < -0.39 is 11.7 Å². The number of piperidine rings is 1. The summed E-state index contributed by atoms with van der Waals surface area (Å²) >= 11 is 0. The van der Waals surface area contributed by atoms with Crippen molar-refractivity contribution in [1.29, 1.82) is 5.26 Å². The number of carbonyl (C=O) groups is 1. The Balaban J connectivity index is 2.05. The van der Waals surface area contributed by atoms with Gasteiger partial charge in [0.1, 0.15) is 17.5 Å². The highest BCUT2D eigenvalue weighted by molar-refractivity contribution is 5.67. The third-order valence-electron chi connectivity index (χ3n) is 3.69. The molecule has 1 N–H and O–H groups in total. The zero-order valence-electron chi connectivity index (χ0n) is 14.0. The van der Waals surface area contributed by atoms with Crippen molar-refractivity contribution < 1.29 is 9.53 Å². The molecular formula is C17H24N4O2. The first kappa shape index (κ1) is 17.1. The molecule has 1 aromatic heterocycles. The molecule has 0 aliphatic carbocycles. The number of aromatic nitrogens is 1. The maximum absolute atomic E-state index is 11.8. The van der Waals surface area contributed by atoms with Crippen LogP contribution >= 0.6 is 0 Å². The minimum atomic E-state index is -0.509. The number of anilines is 1. The van der Waals surface area contributed by atoms with Gasteiger partial charge in [-0.3, -0.25) is 0 Å². The number of nitrogens with zero attached hydrogens (tertiary/aromatic N) is 3. The van der Waals surface area contributed by atoms with Crippen LogP contribution in [0.25, 0.3) is 0 Å². The predicted molar refractivity (Wildman–Crippen MR) is 88.2 cm³/mol. The molecule has 23 heavy (non-hydrogen) atoms. The molecule has 1 saturated heterocycles. The van der Waals surface area contributed by atoms with E-state index in [0.717, 1.165) is 25.8 Å². The molecule has 1 amide bonds. The van der Waals surface area contributed by atoms with Gasteiger partial charge < -0.3 is 15.0 Å². The molecule has 2 heterocycles. The van der Waals surface area contributed by atoms with Gasteiger partial charge in [-0.25, -0.2) is 9.78 Å². The summed E-state index contributed by atoms with van der Waals surface area (Å²) in [5, 5.41) is 12.1. The highest BCUT2D eigenvalue weighted by atomic mass is 16.6. The number of nitriles is 1. The average Bonchev–Trinajstić information content (AvgIpc) is 2.51. The number of carbonyl (C=O) groups excluding carboxylic acids is 1. The summed E-state index contributed by atoms with van der Waals surface area (Å²) < 4.78 is 5.28. The Morgan fingerprint density at radius 2 is 2.30 bits per heavy atom. The van der Waals surface area contributed by atoms with E-state index in [2.05, 4.69) is 21.3 Å². The summed E-state index contributed by atoms with van der Waals surface area (Å²) in [6, 6.07) is 5.85. The van der Waals surface area contributed by atoms with Gasteiger partial charge in [-0.15, -0.1) is 0 Å². The minimum Gasteiger partial charge on any atom is -0.444 e. The number of rotatable bonds is 3. The summed E-state index contributed by atoms with van der Waals surface area (Å²) in [5.74, 6) is 0.700. The lowest BCUT2D eigenvalue weighted by Gasteiger charge is -2.37. The Morgan fingerprint density at radius 3 is 3.00 bits per heavy atom. The second-order valence-electron chi connectivity index (χ2n) is 6.71. The summed E-state index contributed by atoms with van der Waals surface area (Å²) in [4.78, 5) is 18.3. The summed E-state index contributed by atoms with van der Waals surface area (Å²) in [7, 11) is 0. The monoisotopic (exact) mass is 316 g/mol. The molecule has 1 aliphatic heterocycles. The van der Waals surface area contributed by atoms with E-state index >= 15 is 0 Å². The Kier molecular flexibility index (Phi) is 5.43. The van der Waals surface area contributed by atoms with Crippen LogP contribution in [0, 0.1) is 11.3 Å². The molecule has 2 rings (SSSR count). The first-order valence-corrected chi connectivity index (χ1v) is 7.99. The maximum Gasteiger partial charge on any atom is 0.407 e. The van der Waals surface area contributed by atoms with Crippen LogP contribution in [0.4, 0.5) is 10.6 Å². The number of pyridine rings is 1. The smallest absolute Gasteiger partial charge is 0.407 e. The Labute approximate surface area is 137 Å². The molecular weight excluding hydrogens is 292 g/mol. The number of alkyl carbamates (subject to hydrolysis) is 1. The van der Waals surface area contributed by atoms with Crippen molar-refractivity contribution in [2.24, 2.45) is 0 Å². The summed E-state index contributed by atoms with van der Waals surface area (Å²) in [6.45, 7) is 6.84. The zero-order chi connectivity index (χ0) is 16.9. The number of hydrogen-bond donors (Lipinski definition) is 1. The highest BCUT2D eigenvalue weighted by Gasteiger charge is 2.26. The van der Waals surface area contributed by atoms with Crippen molar-refractivity contribution >= 4 is 11.9 Å². The molecule has 124 valence electrons. The van der Waals surface area contributed by atoms with Crippen LogP contribution in [0.2, 0.25) is 0 Å². The van der Waals surface area contributed by atoms with Crippen molar-refractivity contribution in [3.05, 3.63) is 23.9 Å². The second-order valence-corrected chi connectivity index (χ2v) is 6.71. The molecule has 0 saturated carbocycles. The van der Waals surface area contributed by atoms with E-state index in [1.165, 1.54) is 0 Å². The van der Waals surface area contributed by atoms with Gasteiger partial charge in [-0.05, 0) is 52.2 Å². The predicted octanol–water partition coefficient (Wildman–Crippen LogP) is 2.84. The van der Waals surface area contributed by atoms with Crippen molar-refractivity contribution in [1.82, 2.24) is 10.3 Å². The topological polar surface area (TPSA) is 78.2 Å². The van der Waals surface area contributed by atoms with E-state index in [0.29, 0.717) is 17.9 Å². The SMILES string of the molecule is CC(C)(C)OC(=O)NCC1CCCCN1c1ncccc1C#N. The fourth-order valence-electron chi connectivity index (χ4n) is 2.72. The second kappa shape index (κ2) is 7.32. The molecule has 1 atom stereocenters. The maximum atomic E-state index is 11.8. The number of ether oxygens (including phenoxy) is 1. The van der Waals surface area contributed by atoms with Gasteiger partial charge in [0, 0.05) is 25.3 Å². The first-order chi connectivity index (χ1) is 10.9. The molecule has 1 unspecified atom stereocenters. The van der Waals surface area contributed by atoms with Gasteiger partial charge in [0.05, 0.1) is 5.56 Å². The van der Waals surface area contributed by atoms with Gasteiger partial charge in [-0.1, -0.05) is 0 Å². The highest BCUT2D eigenvalue weighted by Crippen LogP contribution is 2.25. The van der Waals surface area contributed by atoms with E-state index in [9.17, 15) is 10.1 Å². The third-order valence-corrected chi connectivity index (χ3v) is 3.69. The lowest BCUT2D eigenvalue weighted by Crippen LogP contribution is -2.48. The van der Waals surface area contributed by atoms with Crippen LogP contribution in [-0.4, -0.2) is 35.8 Å². The van der Waals surface area contributed by atoms with E-state index in [1.54, 1.807) is 18.3 Å². The van der Waals surface area contributed by atoms with Crippen LogP contribution < -0.4 is 10.2 Å². The Bertz CT molecular complexity index is 589. The van der Waals surface area contributed by atoms with Gasteiger partial charge in [-0.2, -0.15) is 5.26 Å². The summed E-state index contributed by atoms with van der Waals surface area (Å²) in [5.41, 5.74) is 0.0577. The first-order valence-electron chi connectivity index (χ1n) is 7.99. The average molecular weight is 316 g/mol. The van der Waals surface area contributed by atoms with Gasteiger partial charge in [0.25, 0.3) is 0 Å². The number of hydrogen-bond acceptors (Lipinski definition) is 5. The van der Waals surface area contributed by atoms with Crippen molar-refractivity contribution in [2.45, 2.75) is 51.7 Å². The number of nitrogens with one attached hydrogen (secondary N) is 1. The molecule has 1 aliphatic rings. The van der Waals surface area contributed by atoms with E-state index in [-0.39, 0.29) is 6.04 Å². The lowest BCUT2D eigenvalue weighted by molar-refractivity contribution is 0.0523. The van der Waals surface area contributed by atoms with Gasteiger partial charge in [0.15, 0.2) is 0 Å². The lowest BCUT2D eigenvalue weighted by atomic mass is 10.0. The zero-order valence-corrected chi connectivity index (χ0v) is 14.0. The van der Waals surface area contributed by atoms with E-state index in [1.807, 2.05) is 20.8 Å². The third kappa shape index (κ3) is 4.85. The Morgan fingerprint density at radius 1 is 1.52 bits per heavy atom. The summed E-state index contributed by atoms with van der Waals surface area (Å²) in [6.07, 6.45) is 4.40. The Hall–Kier alpha value is -2.29. The van der Waals surface area contributed by atoms with Crippen molar-refractivity contribution in [3.63, 3.8) is 0 Å². The molecule has 0 radical (unpaired) electrons. The molecule has 0 bridgehead atoms. The quantitative estimate of drug-likeness (QED) is 0.927. The van der Waals surface area contributed by atoms with Crippen LogP contribution in [-0.2, 0) is 4.74 Å². The largest absolute Gasteiger partial charge is 0.444 e. The van der Waals surface area contributed by atoms with Crippen LogP contribution in [0.3, 0.4) is 0 Å². The van der Waals surface area contributed by atoms with Crippen molar-refractivity contribution in [3.8, 4) is 6.07 Å². The number of amides is 1. The fraction of sp³-hybridized carbons (Fsp3) is 0.588. The van der Waals surface area contributed by atoms with E-state index in [4.69, 9.17) is 4.74 Å². The molecule has 6 heteroatoms. The van der Waals surface area contributed by atoms with Crippen LogP contribution in [0.15, 0.2) is 18.3 Å². The molecule has 6 nitrogen and oxygen atoms in total. The fourth-order valence-corrected chi connectivity index (χ4v) is 2.72. The normalized spacial score (nSPS) is 18.2. The van der Waals surface area contributed by atoms with Gasteiger partial charge in [0.2, 0.25) is 0 Å². The minimum absolute atomic E-state index is 0.123. The van der Waals surface area contributed by atoms with Crippen molar-refractivity contribution in [2.75, 3.05) is 18.0 Å². The van der Waals surface area contributed by atoms with Gasteiger partial charge >= 0.3 is 6.09 Å². The molecule has 1 aromatic rings. The molecule has 0 aromatic carbocycles. The van der Waals surface area contributed by atoms with Crippen LogP contribution in [0.5, 0.6) is 0 Å². The molecule has 1 fully saturated rings. The standard InChI is InChI=1S/C17H24N4O2/c1-17(2,3)23-16(22)20-12-14-8-4-5-10-21(14)15-13(11-18)7-6-9-19-15/h6-7,9,14H,4-5,8,10,12H2,1-3H3,(H,20,22). The molecule has 0 spiro atoms.